The summed E-state index contributed by atoms with van der Waals surface area (Å²) in [7, 11) is 1.26. The van der Waals surface area contributed by atoms with Gasteiger partial charge < -0.3 is 19.5 Å². The van der Waals surface area contributed by atoms with Crippen molar-refractivity contribution in [3.05, 3.63) is 76.0 Å². The van der Waals surface area contributed by atoms with Crippen molar-refractivity contribution < 1.29 is 19.2 Å². The minimum Gasteiger partial charge on any atom is -0.466 e. The maximum absolute atomic E-state index is 12.9. The SMILES string of the molecule is COC(=O)/C=C/c1ccc(N2CCN(C(=O)c3cc4ccccc4[nH]3)CC2)c([N+](=O)[O-])c1. The first-order chi connectivity index (χ1) is 15.5. The lowest BCUT2D eigenvalue weighted by Crippen LogP contribution is -2.49. The molecule has 1 aromatic heterocycles. The van der Waals surface area contributed by atoms with E-state index in [1.807, 2.05) is 35.2 Å². The molecule has 0 saturated carbocycles. The van der Waals surface area contributed by atoms with E-state index >= 15 is 0 Å². The summed E-state index contributed by atoms with van der Waals surface area (Å²) in [5, 5.41) is 12.6. The Morgan fingerprint density at radius 3 is 2.53 bits per heavy atom. The number of H-pyrrole nitrogens is 1. The Morgan fingerprint density at radius 2 is 1.84 bits per heavy atom. The molecule has 3 aromatic rings. The van der Waals surface area contributed by atoms with Gasteiger partial charge in [-0.2, -0.15) is 0 Å². The monoisotopic (exact) mass is 434 g/mol. The van der Waals surface area contributed by atoms with Gasteiger partial charge in [0.15, 0.2) is 0 Å². The van der Waals surface area contributed by atoms with E-state index in [-0.39, 0.29) is 11.6 Å². The summed E-state index contributed by atoms with van der Waals surface area (Å²) >= 11 is 0. The summed E-state index contributed by atoms with van der Waals surface area (Å²) in [4.78, 5) is 42.2. The van der Waals surface area contributed by atoms with Crippen molar-refractivity contribution in [1.29, 1.82) is 0 Å². The van der Waals surface area contributed by atoms with Crippen molar-refractivity contribution >= 4 is 40.2 Å². The molecular formula is C23H22N4O5. The standard InChI is InChI=1S/C23H22N4O5/c1-32-22(28)9-7-16-6-8-20(21(14-16)27(30)31)25-10-12-26(13-11-25)23(29)19-15-17-4-2-3-5-18(17)24-19/h2-9,14-15,24H,10-13H2,1H3/b9-7+. The number of anilines is 1. The summed E-state index contributed by atoms with van der Waals surface area (Å²) in [5.74, 6) is -0.619. The second-order valence-corrected chi connectivity index (χ2v) is 7.41. The van der Waals surface area contributed by atoms with Crippen LogP contribution < -0.4 is 4.90 Å². The zero-order valence-corrected chi connectivity index (χ0v) is 17.5. The minimum absolute atomic E-state index is 0.0487. The molecule has 0 radical (unpaired) electrons. The first-order valence-electron chi connectivity index (χ1n) is 10.1. The lowest BCUT2D eigenvalue weighted by molar-refractivity contribution is -0.384. The third-order valence-corrected chi connectivity index (χ3v) is 5.48. The van der Waals surface area contributed by atoms with Crippen LogP contribution in [0.5, 0.6) is 0 Å². The van der Waals surface area contributed by atoms with Gasteiger partial charge in [-0.3, -0.25) is 14.9 Å². The number of nitro groups is 1. The molecule has 9 nitrogen and oxygen atoms in total. The summed E-state index contributed by atoms with van der Waals surface area (Å²) in [5.41, 5.74) is 2.41. The highest BCUT2D eigenvalue weighted by molar-refractivity contribution is 5.98. The molecule has 1 amide bonds. The van der Waals surface area contributed by atoms with Gasteiger partial charge in [0.25, 0.3) is 11.6 Å². The summed E-state index contributed by atoms with van der Waals surface area (Å²) in [6.45, 7) is 1.86. The molecule has 1 fully saturated rings. The van der Waals surface area contributed by atoms with E-state index in [0.29, 0.717) is 43.1 Å². The number of fused-ring (bicyclic) bond motifs is 1. The lowest BCUT2D eigenvalue weighted by Gasteiger charge is -2.35. The largest absolute Gasteiger partial charge is 0.466 e. The van der Waals surface area contributed by atoms with Crippen molar-refractivity contribution in [2.45, 2.75) is 0 Å². The average Bonchev–Trinajstić information content (AvgIpc) is 3.26. The number of carbonyl (C=O) groups excluding carboxylic acids is 2. The van der Waals surface area contributed by atoms with E-state index in [1.54, 1.807) is 17.0 Å². The summed E-state index contributed by atoms with van der Waals surface area (Å²) in [6.07, 6.45) is 2.69. The average molecular weight is 434 g/mol. The Morgan fingerprint density at radius 1 is 1.09 bits per heavy atom. The number of aromatic nitrogens is 1. The van der Waals surface area contributed by atoms with Crippen LogP contribution in [0.25, 0.3) is 17.0 Å². The van der Waals surface area contributed by atoms with Crippen molar-refractivity contribution in [2.75, 3.05) is 38.2 Å². The van der Waals surface area contributed by atoms with Gasteiger partial charge in [-0.1, -0.05) is 24.3 Å². The molecule has 2 aromatic carbocycles. The first-order valence-corrected chi connectivity index (χ1v) is 10.1. The van der Waals surface area contributed by atoms with Crippen LogP contribution in [0.1, 0.15) is 16.1 Å². The van der Waals surface area contributed by atoms with Gasteiger partial charge in [0.2, 0.25) is 0 Å². The van der Waals surface area contributed by atoms with Crippen LogP contribution in [0.3, 0.4) is 0 Å². The fourth-order valence-electron chi connectivity index (χ4n) is 3.80. The Kier molecular flexibility index (Phi) is 5.89. The Labute approximate surface area is 184 Å². The molecule has 32 heavy (non-hydrogen) atoms. The number of methoxy groups -OCH3 is 1. The van der Waals surface area contributed by atoms with Gasteiger partial charge in [0.1, 0.15) is 11.4 Å². The van der Waals surface area contributed by atoms with Gasteiger partial charge in [0.05, 0.1) is 12.0 Å². The lowest BCUT2D eigenvalue weighted by atomic mass is 10.1. The van der Waals surface area contributed by atoms with Crippen LogP contribution in [0.15, 0.2) is 54.6 Å². The van der Waals surface area contributed by atoms with Crippen LogP contribution in [-0.2, 0) is 9.53 Å². The van der Waals surface area contributed by atoms with Gasteiger partial charge in [0, 0.05) is 49.2 Å². The Hall–Kier alpha value is -4.14. The number of para-hydroxylation sites is 1. The highest BCUT2D eigenvalue weighted by Gasteiger charge is 2.27. The molecule has 0 atom stereocenters. The van der Waals surface area contributed by atoms with Crippen molar-refractivity contribution in [3.63, 3.8) is 0 Å². The molecule has 9 heteroatoms. The second kappa shape index (κ2) is 8.93. The third-order valence-electron chi connectivity index (χ3n) is 5.48. The number of benzene rings is 2. The smallest absolute Gasteiger partial charge is 0.330 e. The molecule has 1 saturated heterocycles. The number of hydrogen-bond acceptors (Lipinski definition) is 6. The normalized spacial score (nSPS) is 14.2. The number of aromatic amines is 1. The molecular weight excluding hydrogens is 412 g/mol. The van der Waals surface area contributed by atoms with E-state index in [0.717, 1.165) is 10.9 Å². The Bertz CT molecular complexity index is 1180. The fraction of sp³-hybridized carbons (Fsp3) is 0.217. The molecule has 1 aliphatic rings. The van der Waals surface area contributed by atoms with E-state index in [4.69, 9.17) is 0 Å². The van der Waals surface area contributed by atoms with Crippen molar-refractivity contribution in [3.8, 4) is 0 Å². The summed E-state index contributed by atoms with van der Waals surface area (Å²) in [6, 6.07) is 14.4. The van der Waals surface area contributed by atoms with E-state index < -0.39 is 10.9 Å². The van der Waals surface area contributed by atoms with Crippen molar-refractivity contribution in [1.82, 2.24) is 9.88 Å². The van der Waals surface area contributed by atoms with Crippen LogP contribution in [0, 0.1) is 10.1 Å². The number of ether oxygens (including phenoxy) is 1. The third kappa shape index (κ3) is 4.31. The van der Waals surface area contributed by atoms with E-state index in [9.17, 15) is 19.7 Å². The van der Waals surface area contributed by atoms with Gasteiger partial charge in [-0.15, -0.1) is 0 Å². The highest BCUT2D eigenvalue weighted by atomic mass is 16.6. The van der Waals surface area contributed by atoms with Crippen LogP contribution in [0.2, 0.25) is 0 Å². The first kappa shape index (κ1) is 21.1. The molecule has 0 bridgehead atoms. The Balaban J connectivity index is 1.47. The molecule has 0 aliphatic carbocycles. The molecule has 1 aliphatic heterocycles. The topological polar surface area (TPSA) is 109 Å². The molecule has 2 heterocycles. The molecule has 1 N–H and O–H groups in total. The van der Waals surface area contributed by atoms with Gasteiger partial charge in [-0.25, -0.2) is 4.79 Å². The second-order valence-electron chi connectivity index (χ2n) is 7.41. The van der Waals surface area contributed by atoms with Crippen LogP contribution in [0.4, 0.5) is 11.4 Å². The number of esters is 1. The number of nitrogens with zero attached hydrogens (tertiary/aromatic N) is 3. The fourth-order valence-corrected chi connectivity index (χ4v) is 3.80. The van der Waals surface area contributed by atoms with Gasteiger partial charge in [-0.05, 0) is 29.8 Å². The number of amides is 1. The minimum atomic E-state index is -0.535. The summed E-state index contributed by atoms with van der Waals surface area (Å²) < 4.78 is 4.54. The predicted octanol–water partition coefficient (Wildman–Crippen LogP) is 3.22. The highest BCUT2D eigenvalue weighted by Crippen LogP contribution is 2.31. The quantitative estimate of drug-likeness (QED) is 0.286. The van der Waals surface area contributed by atoms with E-state index in [1.165, 1.54) is 25.3 Å². The van der Waals surface area contributed by atoms with E-state index in [2.05, 4.69) is 9.72 Å². The van der Waals surface area contributed by atoms with Crippen LogP contribution in [-0.4, -0.2) is 60.0 Å². The zero-order chi connectivity index (χ0) is 22.7. The zero-order valence-electron chi connectivity index (χ0n) is 17.5. The van der Waals surface area contributed by atoms with Crippen LogP contribution >= 0.6 is 0 Å². The van der Waals surface area contributed by atoms with Gasteiger partial charge >= 0.3 is 5.97 Å². The predicted molar refractivity (Wildman–Crippen MR) is 121 cm³/mol. The number of rotatable bonds is 5. The number of nitro benzene ring substituents is 1. The maximum atomic E-state index is 12.9. The molecule has 0 spiro atoms. The molecule has 4 rings (SSSR count). The number of carbonyl (C=O) groups is 2. The number of piperazine rings is 1. The van der Waals surface area contributed by atoms with Crippen molar-refractivity contribution in [2.24, 2.45) is 0 Å². The number of hydrogen-bond donors (Lipinski definition) is 1. The molecule has 164 valence electrons. The molecule has 0 unspecified atom stereocenters. The maximum Gasteiger partial charge on any atom is 0.330 e. The number of nitrogens with one attached hydrogen (secondary N) is 1.